The smallest absolute Gasteiger partial charge is 0.397 e. The van der Waals surface area contributed by atoms with E-state index in [4.69, 9.17) is 5.73 Å². The van der Waals surface area contributed by atoms with Crippen LogP contribution in [0.3, 0.4) is 0 Å². The summed E-state index contributed by atoms with van der Waals surface area (Å²) in [5.74, 6) is -0.569. The van der Waals surface area contributed by atoms with Crippen molar-refractivity contribution in [2.75, 3.05) is 11.1 Å². The van der Waals surface area contributed by atoms with Crippen molar-refractivity contribution < 1.29 is 18.0 Å². The van der Waals surface area contributed by atoms with Crippen LogP contribution >= 0.6 is 11.3 Å². The van der Waals surface area contributed by atoms with Crippen molar-refractivity contribution in [3.05, 3.63) is 64.5 Å². The maximum atomic E-state index is 12.9. The number of nitrogens with two attached hydrogens (primary N) is 1. The van der Waals surface area contributed by atoms with Crippen molar-refractivity contribution >= 4 is 49.7 Å². The molecule has 28 heavy (non-hydrogen) atoms. The van der Waals surface area contributed by atoms with Crippen LogP contribution in [0.4, 0.5) is 24.5 Å². The molecule has 0 aliphatic carbocycles. The molecular weight excluding hydrogens is 387 g/mol. The van der Waals surface area contributed by atoms with E-state index in [1.807, 2.05) is 31.2 Å². The van der Waals surface area contributed by atoms with Gasteiger partial charge in [0.15, 0.2) is 0 Å². The normalized spacial score (nSPS) is 11.9. The summed E-state index contributed by atoms with van der Waals surface area (Å²) in [6.45, 7) is 1.94. The molecule has 1 amide bonds. The van der Waals surface area contributed by atoms with E-state index in [1.165, 1.54) is 12.1 Å². The predicted octanol–water partition coefficient (Wildman–Crippen LogP) is 5.61. The predicted molar refractivity (Wildman–Crippen MR) is 106 cm³/mol. The van der Waals surface area contributed by atoms with Crippen molar-refractivity contribution in [1.82, 2.24) is 4.98 Å². The molecule has 0 fully saturated rings. The SMILES string of the molecule is Cc1cccc2cc3c(N)c(C(=O)Nc4cccc(C(F)(F)F)c4)sc3nc12. The van der Waals surface area contributed by atoms with E-state index in [0.29, 0.717) is 10.2 Å². The standard InChI is InChI=1S/C20H14F3N3OS/c1-10-4-2-5-11-8-14-15(24)17(28-19(14)26-16(10)11)18(27)25-13-7-3-6-12(9-13)20(21,22)23/h2-9H,24H2,1H3,(H,25,27). The van der Waals surface area contributed by atoms with E-state index in [0.717, 1.165) is 39.9 Å². The number of anilines is 2. The topological polar surface area (TPSA) is 68.0 Å². The van der Waals surface area contributed by atoms with E-state index in [-0.39, 0.29) is 16.3 Å². The van der Waals surface area contributed by atoms with Crippen molar-refractivity contribution in [1.29, 1.82) is 0 Å². The molecule has 2 aromatic heterocycles. The van der Waals surface area contributed by atoms with E-state index in [2.05, 4.69) is 10.3 Å². The Morgan fingerprint density at radius 3 is 2.64 bits per heavy atom. The van der Waals surface area contributed by atoms with Gasteiger partial charge in [-0.25, -0.2) is 4.98 Å². The van der Waals surface area contributed by atoms with Crippen molar-refractivity contribution in [3.63, 3.8) is 0 Å². The number of thiophene rings is 1. The monoisotopic (exact) mass is 401 g/mol. The van der Waals surface area contributed by atoms with Gasteiger partial charge in [-0.05, 0) is 36.8 Å². The van der Waals surface area contributed by atoms with Gasteiger partial charge in [-0.15, -0.1) is 11.3 Å². The Balaban J connectivity index is 1.73. The lowest BCUT2D eigenvalue weighted by Gasteiger charge is -2.09. The Kier molecular flexibility index (Phi) is 4.23. The number of para-hydroxylation sites is 1. The van der Waals surface area contributed by atoms with Crippen LogP contribution in [0.15, 0.2) is 48.5 Å². The minimum atomic E-state index is -4.49. The molecule has 4 aromatic rings. The number of hydrogen-bond donors (Lipinski definition) is 2. The average Bonchev–Trinajstić information content (AvgIpc) is 2.96. The van der Waals surface area contributed by atoms with Crippen LogP contribution in [0.5, 0.6) is 0 Å². The highest BCUT2D eigenvalue weighted by atomic mass is 32.1. The number of nitrogen functional groups attached to an aromatic ring is 1. The number of carbonyl (C=O) groups is 1. The number of hydrogen-bond acceptors (Lipinski definition) is 4. The zero-order chi connectivity index (χ0) is 20.1. The Morgan fingerprint density at radius 2 is 1.89 bits per heavy atom. The average molecular weight is 401 g/mol. The summed E-state index contributed by atoms with van der Waals surface area (Å²) in [7, 11) is 0. The quantitative estimate of drug-likeness (QED) is 0.459. The summed E-state index contributed by atoms with van der Waals surface area (Å²) in [5.41, 5.74) is 7.45. The molecule has 3 N–H and O–H groups in total. The van der Waals surface area contributed by atoms with Crippen molar-refractivity contribution in [2.45, 2.75) is 13.1 Å². The highest BCUT2D eigenvalue weighted by Crippen LogP contribution is 2.36. The molecule has 0 saturated carbocycles. The third-order valence-electron chi connectivity index (χ3n) is 4.40. The van der Waals surface area contributed by atoms with Gasteiger partial charge in [0.25, 0.3) is 5.91 Å². The zero-order valence-corrected chi connectivity index (χ0v) is 15.4. The Labute approximate surface area is 161 Å². The first-order valence-corrected chi connectivity index (χ1v) is 9.12. The summed E-state index contributed by atoms with van der Waals surface area (Å²) >= 11 is 1.11. The maximum Gasteiger partial charge on any atom is 0.416 e. The molecule has 0 aliphatic heterocycles. The van der Waals surface area contributed by atoms with Crippen molar-refractivity contribution in [3.8, 4) is 0 Å². The molecule has 8 heteroatoms. The van der Waals surface area contributed by atoms with Crippen LogP contribution in [0.25, 0.3) is 21.1 Å². The lowest BCUT2D eigenvalue weighted by atomic mass is 10.1. The van der Waals surface area contributed by atoms with E-state index < -0.39 is 17.6 Å². The largest absolute Gasteiger partial charge is 0.416 e. The summed E-state index contributed by atoms with van der Waals surface area (Å²) in [6, 6.07) is 12.1. The number of benzene rings is 2. The Morgan fingerprint density at radius 1 is 1.14 bits per heavy atom. The Hall–Kier alpha value is -3.13. The number of nitrogens with one attached hydrogen (secondary N) is 1. The number of carbonyl (C=O) groups excluding carboxylic acids is 1. The maximum absolute atomic E-state index is 12.9. The van der Waals surface area contributed by atoms with Gasteiger partial charge in [0.05, 0.1) is 16.8 Å². The summed E-state index contributed by atoms with van der Waals surface area (Å²) < 4.78 is 38.6. The lowest BCUT2D eigenvalue weighted by Crippen LogP contribution is -2.13. The molecule has 142 valence electrons. The first kappa shape index (κ1) is 18.2. The van der Waals surface area contributed by atoms with Crippen LogP contribution < -0.4 is 11.1 Å². The number of fused-ring (bicyclic) bond motifs is 2. The fraction of sp³-hybridized carbons (Fsp3) is 0.100. The van der Waals surface area contributed by atoms with E-state index in [1.54, 1.807) is 0 Å². The van der Waals surface area contributed by atoms with Gasteiger partial charge < -0.3 is 11.1 Å². The number of aryl methyl sites for hydroxylation is 1. The second-order valence-electron chi connectivity index (χ2n) is 6.37. The molecule has 2 aromatic carbocycles. The molecule has 0 saturated heterocycles. The highest BCUT2D eigenvalue weighted by Gasteiger charge is 2.30. The Bertz CT molecular complexity index is 1230. The lowest BCUT2D eigenvalue weighted by molar-refractivity contribution is -0.137. The first-order valence-electron chi connectivity index (χ1n) is 8.31. The number of rotatable bonds is 2. The van der Waals surface area contributed by atoms with Gasteiger partial charge in [0.2, 0.25) is 0 Å². The summed E-state index contributed by atoms with van der Waals surface area (Å²) in [6.07, 6.45) is -4.49. The third-order valence-corrected chi connectivity index (χ3v) is 5.51. The number of pyridine rings is 1. The van der Waals surface area contributed by atoms with Crippen LogP contribution in [0.2, 0.25) is 0 Å². The second kappa shape index (κ2) is 6.49. The molecule has 0 atom stereocenters. The molecule has 0 bridgehead atoms. The van der Waals surface area contributed by atoms with E-state index in [9.17, 15) is 18.0 Å². The van der Waals surface area contributed by atoms with Crippen molar-refractivity contribution in [2.24, 2.45) is 0 Å². The number of amides is 1. The molecular formula is C20H14F3N3OS. The summed E-state index contributed by atoms with van der Waals surface area (Å²) in [5, 5.41) is 4.04. The van der Waals surface area contributed by atoms with Crippen LogP contribution in [0, 0.1) is 6.92 Å². The fourth-order valence-electron chi connectivity index (χ4n) is 3.00. The number of aromatic nitrogens is 1. The van der Waals surface area contributed by atoms with Gasteiger partial charge in [-0.1, -0.05) is 24.3 Å². The van der Waals surface area contributed by atoms with Gasteiger partial charge in [-0.3, -0.25) is 4.79 Å². The molecule has 2 heterocycles. The third kappa shape index (κ3) is 3.16. The number of nitrogens with zero attached hydrogens (tertiary/aromatic N) is 1. The van der Waals surface area contributed by atoms with Gasteiger partial charge in [0.1, 0.15) is 9.71 Å². The molecule has 0 unspecified atom stereocenters. The van der Waals surface area contributed by atoms with E-state index >= 15 is 0 Å². The number of halogens is 3. The second-order valence-corrected chi connectivity index (χ2v) is 7.36. The number of alkyl halides is 3. The van der Waals surface area contributed by atoms with Crippen LogP contribution in [-0.2, 0) is 6.18 Å². The highest BCUT2D eigenvalue weighted by molar-refractivity contribution is 7.21. The molecule has 4 nitrogen and oxygen atoms in total. The molecule has 0 radical (unpaired) electrons. The minimum absolute atomic E-state index is 0.0469. The van der Waals surface area contributed by atoms with Gasteiger partial charge in [-0.2, -0.15) is 13.2 Å². The van der Waals surface area contributed by atoms with Crippen LogP contribution in [-0.4, -0.2) is 10.9 Å². The molecule has 0 spiro atoms. The van der Waals surface area contributed by atoms with Crippen LogP contribution in [0.1, 0.15) is 20.8 Å². The first-order chi connectivity index (χ1) is 13.2. The summed E-state index contributed by atoms with van der Waals surface area (Å²) in [4.78, 5) is 18.1. The fourth-order valence-corrected chi connectivity index (χ4v) is 3.98. The zero-order valence-electron chi connectivity index (χ0n) is 14.6. The minimum Gasteiger partial charge on any atom is -0.397 e. The molecule has 0 aliphatic rings. The van der Waals surface area contributed by atoms with Gasteiger partial charge in [0, 0.05) is 16.5 Å². The molecule has 4 rings (SSSR count). The van der Waals surface area contributed by atoms with Gasteiger partial charge >= 0.3 is 6.18 Å².